The summed E-state index contributed by atoms with van der Waals surface area (Å²) in [5, 5.41) is 0. The van der Waals surface area contributed by atoms with E-state index in [1.807, 2.05) is 42.5 Å². The van der Waals surface area contributed by atoms with E-state index in [2.05, 4.69) is 24.9 Å². The van der Waals surface area contributed by atoms with Gasteiger partial charge in [-0.1, -0.05) is 0 Å². The fraction of sp³-hybridized carbons (Fsp3) is 0. The van der Waals surface area contributed by atoms with Crippen molar-refractivity contribution in [1.82, 2.24) is 24.9 Å². The number of aromatic amines is 2. The van der Waals surface area contributed by atoms with Crippen LogP contribution in [-0.2, 0) is 0 Å². The number of imidazole rings is 2. The Bertz CT molecular complexity index is 1170. The third-order valence-electron chi connectivity index (χ3n) is 4.35. The van der Waals surface area contributed by atoms with E-state index in [1.165, 1.54) is 0 Å². The normalized spacial score (nSPS) is 11.4. The van der Waals surface area contributed by atoms with Gasteiger partial charge in [0.1, 0.15) is 11.6 Å². The SMILES string of the molecule is Nc1ccc2[nH]c(-c3ccncc3-c3nc4cc(N)ccc4[nH]3)nc2c1. The number of rotatable bonds is 2. The van der Waals surface area contributed by atoms with Crippen LogP contribution in [0.2, 0.25) is 0 Å². The van der Waals surface area contributed by atoms with Gasteiger partial charge < -0.3 is 21.4 Å². The average molecular weight is 341 g/mol. The Labute approximate surface area is 148 Å². The number of nitrogen functional groups attached to an aromatic ring is 2. The van der Waals surface area contributed by atoms with E-state index in [0.717, 1.165) is 39.0 Å². The minimum Gasteiger partial charge on any atom is -0.399 e. The van der Waals surface area contributed by atoms with Crippen LogP contribution in [0.25, 0.3) is 44.8 Å². The van der Waals surface area contributed by atoms with Gasteiger partial charge in [0.2, 0.25) is 0 Å². The monoisotopic (exact) mass is 341 g/mol. The Morgan fingerprint density at radius 1 is 0.692 bits per heavy atom. The van der Waals surface area contributed by atoms with Crippen LogP contribution >= 0.6 is 0 Å². The Hall–Kier alpha value is -3.87. The van der Waals surface area contributed by atoms with E-state index in [9.17, 15) is 0 Å². The summed E-state index contributed by atoms with van der Waals surface area (Å²) in [6, 6.07) is 13.1. The number of nitrogens with one attached hydrogen (secondary N) is 2. The molecule has 0 amide bonds. The molecule has 5 rings (SSSR count). The topological polar surface area (TPSA) is 122 Å². The maximum atomic E-state index is 5.86. The predicted octanol–water partition coefficient (Wildman–Crippen LogP) is 3.33. The number of hydrogen-bond donors (Lipinski definition) is 4. The molecule has 0 aliphatic heterocycles. The van der Waals surface area contributed by atoms with Crippen LogP contribution < -0.4 is 11.5 Å². The smallest absolute Gasteiger partial charge is 0.140 e. The molecule has 0 unspecified atom stereocenters. The van der Waals surface area contributed by atoms with Gasteiger partial charge in [-0.05, 0) is 42.5 Å². The number of fused-ring (bicyclic) bond motifs is 2. The lowest BCUT2D eigenvalue weighted by Gasteiger charge is -2.03. The maximum absolute atomic E-state index is 5.86. The molecule has 6 N–H and O–H groups in total. The van der Waals surface area contributed by atoms with Crippen LogP contribution in [0.5, 0.6) is 0 Å². The number of nitrogens with zero attached hydrogens (tertiary/aromatic N) is 3. The van der Waals surface area contributed by atoms with Crippen LogP contribution in [0.15, 0.2) is 54.9 Å². The van der Waals surface area contributed by atoms with E-state index >= 15 is 0 Å². The zero-order valence-electron chi connectivity index (χ0n) is 13.7. The number of H-pyrrole nitrogens is 2. The summed E-state index contributed by atoms with van der Waals surface area (Å²) < 4.78 is 0. The largest absolute Gasteiger partial charge is 0.399 e. The quantitative estimate of drug-likeness (QED) is 0.367. The molecule has 3 heterocycles. The van der Waals surface area contributed by atoms with Crippen LogP contribution in [0, 0.1) is 0 Å². The summed E-state index contributed by atoms with van der Waals surface area (Å²) in [5.74, 6) is 1.46. The molecule has 126 valence electrons. The van der Waals surface area contributed by atoms with Gasteiger partial charge in [0.05, 0.1) is 22.1 Å². The van der Waals surface area contributed by atoms with Gasteiger partial charge in [-0.3, -0.25) is 4.98 Å². The first-order valence-electron chi connectivity index (χ1n) is 8.12. The second-order valence-electron chi connectivity index (χ2n) is 6.15. The van der Waals surface area contributed by atoms with Crippen molar-refractivity contribution in [2.75, 3.05) is 11.5 Å². The van der Waals surface area contributed by atoms with Crippen LogP contribution in [0.1, 0.15) is 0 Å². The van der Waals surface area contributed by atoms with Gasteiger partial charge in [-0.25, -0.2) is 9.97 Å². The van der Waals surface area contributed by atoms with Crippen molar-refractivity contribution in [2.24, 2.45) is 0 Å². The van der Waals surface area contributed by atoms with Crippen LogP contribution in [-0.4, -0.2) is 24.9 Å². The minimum atomic E-state index is 0.678. The number of nitrogens with two attached hydrogens (primary N) is 2. The van der Waals surface area contributed by atoms with E-state index in [0.29, 0.717) is 17.2 Å². The van der Waals surface area contributed by atoms with Crippen LogP contribution in [0.3, 0.4) is 0 Å². The molecule has 2 aromatic carbocycles. The minimum absolute atomic E-state index is 0.678. The number of pyridine rings is 1. The van der Waals surface area contributed by atoms with E-state index in [4.69, 9.17) is 11.5 Å². The van der Waals surface area contributed by atoms with E-state index < -0.39 is 0 Å². The third-order valence-corrected chi connectivity index (χ3v) is 4.35. The highest BCUT2D eigenvalue weighted by Crippen LogP contribution is 2.31. The first-order chi connectivity index (χ1) is 12.7. The lowest BCUT2D eigenvalue weighted by Crippen LogP contribution is -1.90. The van der Waals surface area contributed by atoms with Crippen molar-refractivity contribution in [1.29, 1.82) is 0 Å². The molecule has 0 aliphatic rings. The maximum Gasteiger partial charge on any atom is 0.140 e. The Morgan fingerprint density at radius 2 is 1.27 bits per heavy atom. The second kappa shape index (κ2) is 5.32. The Balaban J connectivity index is 1.70. The fourth-order valence-corrected chi connectivity index (χ4v) is 3.09. The molecule has 0 atom stereocenters. The number of hydrogen-bond acceptors (Lipinski definition) is 5. The predicted molar refractivity (Wildman–Crippen MR) is 103 cm³/mol. The zero-order chi connectivity index (χ0) is 17.7. The highest BCUT2D eigenvalue weighted by molar-refractivity contribution is 5.88. The summed E-state index contributed by atoms with van der Waals surface area (Å²) in [6.45, 7) is 0. The van der Waals surface area contributed by atoms with E-state index in [-0.39, 0.29) is 0 Å². The first kappa shape index (κ1) is 14.5. The number of benzene rings is 2. The summed E-state index contributed by atoms with van der Waals surface area (Å²) in [6.07, 6.45) is 3.51. The number of anilines is 2. The summed E-state index contributed by atoms with van der Waals surface area (Å²) in [4.78, 5) is 20.3. The Kier molecular flexibility index (Phi) is 2.96. The third kappa shape index (κ3) is 2.26. The molecule has 0 saturated heterocycles. The summed E-state index contributed by atoms with van der Waals surface area (Å²) in [5.41, 5.74) is 18.3. The molecule has 26 heavy (non-hydrogen) atoms. The van der Waals surface area contributed by atoms with Crippen molar-refractivity contribution in [3.05, 3.63) is 54.9 Å². The molecular weight excluding hydrogens is 326 g/mol. The highest BCUT2D eigenvalue weighted by Gasteiger charge is 2.15. The van der Waals surface area contributed by atoms with Gasteiger partial charge in [0.25, 0.3) is 0 Å². The van der Waals surface area contributed by atoms with E-state index in [1.54, 1.807) is 12.4 Å². The molecule has 0 radical (unpaired) electrons. The van der Waals surface area contributed by atoms with Crippen molar-refractivity contribution in [2.45, 2.75) is 0 Å². The van der Waals surface area contributed by atoms with Crippen molar-refractivity contribution in [3.63, 3.8) is 0 Å². The second-order valence-corrected chi connectivity index (χ2v) is 6.15. The van der Waals surface area contributed by atoms with Gasteiger partial charge in [0.15, 0.2) is 0 Å². The molecule has 3 aromatic heterocycles. The highest BCUT2D eigenvalue weighted by atomic mass is 14.9. The lowest BCUT2D eigenvalue weighted by molar-refractivity contribution is 1.25. The molecule has 7 nitrogen and oxygen atoms in total. The summed E-state index contributed by atoms with van der Waals surface area (Å²) >= 11 is 0. The van der Waals surface area contributed by atoms with Gasteiger partial charge in [-0.2, -0.15) is 0 Å². The average Bonchev–Trinajstić information content (AvgIpc) is 3.24. The lowest BCUT2D eigenvalue weighted by atomic mass is 10.1. The molecule has 0 fully saturated rings. The Morgan fingerprint density at radius 3 is 1.88 bits per heavy atom. The standard InChI is InChI=1S/C19H15N7/c20-10-1-3-14-16(7-10)25-18(23-14)12-5-6-22-9-13(12)19-24-15-4-2-11(21)8-17(15)26-19/h1-9H,20-21H2,(H,23,25)(H,24,26). The first-order valence-corrected chi connectivity index (χ1v) is 8.12. The molecule has 7 heteroatoms. The van der Waals surface area contributed by atoms with Gasteiger partial charge in [-0.15, -0.1) is 0 Å². The van der Waals surface area contributed by atoms with Crippen molar-refractivity contribution < 1.29 is 0 Å². The van der Waals surface area contributed by atoms with Crippen molar-refractivity contribution >= 4 is 33.4 Å². The fourth-order valence-electron chi connectivity index (χ4n) is 3.09. The molecule has 5 aromatic rings. The van der Waals surface area contributed by atoms with Gasteiger partial charge >= 0.3 is 0 Å². The summed E-state index contributed by atoms with van der Waals surface area (Å²) in [7, 11) is 0. The number of aromatic nitrogens is 5. The molecule has 0 bridgehead atoms. The molecule has 0 saturated carbocycles. The van der Waals surface area contributed by atoms with Crippen molar-refractivity contribution in [3.8, 4) is 22.8 Å². The molecule has 0 aliphatic carbocycles. The van der Waals surface area contributed by atoms with Gasteiger partial charge in [0, 0.05) is 34.9 Å². The molecule has 0 spiro atoms. The van der Waals surface area contributed by atoms with Crippen LogP contribution in [0.4, 0.5) is 11.4 Å². The molecular formula is C19H15N7. The zero-order valence-corrected chi connectivity index (χ0v) is 13.7.